The SMILES string of the molecule is COc1cc(-c2cc(CN(C)CCNC(C=O)C(C)C)ccn2)cc(C2CCC2)c1OC. The van der Waals surface area contributed by atoms with Crippen molar-refractivity contribution in [3.8, 4) is 22.8 Å². The van der Waals surface area contributed by atoms with Gasteiger partial charge in [-0.3, -0.25) is 4.98 Å². The van der Waals surface area contributed by atoms with Gasteiger partial charge < -0.3 is 24.5 Å². The van der Waals surface area contributed by atoms with Gasteiger partial charge in [0.05, 0.1) is 26.0 Å². The number of benzene rings is 1. The summed E-state index contributed by atoms with van der Waals surface area (Å²) < 4.78 is 11.3. The Hall–Kier alpha value is -2.44. The van der Waals surface area contributed by atoms with Crippen LogP contribution in [0.4, 0.5) is 0 Å². The fraction of sp³-hybridized carbons (Fsp3) is 0.538. The molecule has 1 unspecified atom stereocenters. The fourth-order valence-electron chi connectivity index (χ4n) is 4.15. The van der Waals surface area contributed by atoms with Crippen LogP contribution >= 0.6 is 0 Å². The van der Waals surface area contributed by atoms with Crippen molar-refractivity contribution in [3.05, 3.63) is 41.6 Å². The Balaban J connectivity index is 1.72. The number of likely N-dealkylation sites (N-methyl/N-ethyl adjacent to an activating group) is 1. The van der Waals surface area contributed by atoms with Crippen LogP contribution in [0.15, 0.2) is 30.5 Å². The number of nitrogens with zero attached hydrogens (tertiary/aromatic N) is 2. The Morgan fingerprint density at radius 1 is 1.22 bits per heavy atom. The maximum atomic E-state index is 11.2. The normalized spacial score (nSPS) is 15.0. The quantitative estimate of drug-likeness (QED) is 0.498. The van der Waals surface area contributed by atoms with Crippen LogP contribution in [0.5, 0.6) is 11.5 Å². The largest absolute Gasteiger partial charge is 0.493 e. The van der Waals surface area contributed by atoms with Crippen LogP contribution < -0.4 is 14.8 Å². The summed E-state index contributed by atoms with van der Waals surface area (Å²) in [6.07, 6.45) is 6.52. The van der Waals surface area contributed by atoms with Crippen LogP contribution in [0.25, 0.3) is 11.3 Å². The lowest BCUT2D eigenvalue weighted by atomic mass is 9.79. The van der Waals surface area contributed by atoms with Crippen molar-refractivity contribution < 1.29 is 14.3 Å². The van der Waals surface area contributed by atoms with Gasteiger partial charge in [0, 0.05) is 37.0 Å². The smallest absolute Gasteiger partial charge is 0.164 e. The van der Waals surface area contributed by atoms with Crippen LogP contribution in [0.3, 0.4) is 0 Å². The molecule has 0 saturated heterocycles. The lowest BCUT2D eigenvalue weighted by Gasteiger charge is -2.28. The van der Waals surface area contributed by atoms with Gasteiger partial charge in [-0.15, -0.1) is 0 Å². The first kappa shape index (κ1) is 24.2. The van der Waals surface area contributed by atoms with Gasteiger partial charge in [-0.05, 0) is 61.6 Å². The summed E-state index contributed by atoms with van der Waals surface area (Å²) in [5.74, 6) is 2.44. The van der Waals surface area contributed by atoms with Crippen LogP contribution in [0.2, 0.25) is 0 Å². The Kier molecular flexibility index (Phi) is 8.65. The first-order valence-corrected chi connectivity index (χ1v) is 11.5. The maximum Gasteiger partial charge on any atom is 0.164 e. The van der Waals surface area contributed by atoms with Gasteiger partial charge in [0.25, 0.3) is 0 Å². The number of hydrogen-bond acceptors (Lipinski definition) is 6. The van der Waals surface area contributed by atoms with Crippen molar-refractivity contribution in [3.63, 3.8) is 0 Å². The highest BCUT2D eigenvalue weighted by molar-refractivity contribution is 5.67. The highest BCUT2D eigenvalue weighted by Crippen LogP contribution is 2.46. The van der Waals surface area contributed by atoms with E-state index >= 15 is 0 Å². The summed E-state index contributed by atoms with van der Waals surface area (Å²) in [4.78, 5) is 18.1. The number of hydrogen-bond donors (Lipinski definition) is 1. The van der Waals surface area contributed by atoms with E-state index in [4.69, 9.17) is 9.47 Å². The van der Waals surface area contributed by atoms with E-state index in [-0.39, 0.29) is 6.04 Å². The van der Waals surface area contributed by atoms with Crippen molar-refractivity contribution in [2.45, 2.75) is 51.6 Å². The zero-order chi connectivity index (χ0) is 23.1. The lowest BCUT2D eigenvalue weighted by Crippen LogP contribution is -2.39. The monoisotopic (exact) mass is 439 g/mol. The number of pyridine rings is 1. The molecule has 0 aliphatic heterocycles. The molecule has 3 rings (SSSR count). The second-order valence-electron chi connectivity index (χ2n) is 9.08. The van der Waals surface area contributed by atoms with Crippen LogP contribution in [0.1, 0.15) is 50.2 Å². The summed E-state index contributed by atoms with van der Waals surface area (Å²) in [5, 5.41) is 3.33. The van der Waals surface area contributed by atoms with Crippen molar-refractivity contribution in [1.29, 1.82) is 0 Å². The second-order valence-corrected chi connectivity index (χ2v) is 9.08. The van der Waals surface area contributed by atoms with E-state index in [9.17, 15) is 4.79 Å². The molecule has 1 saturated carbocycles. The number of rotatable bonds is 12. The Labute approximate surface area is 192 Å². The molecule has 0 spiro atoms. The molecular weight excluding hydrogens is 402 g/mol. The van der Waals surface area contributed by atoms with Gasteiger partial charge in [-0.25, -0.2) is 0 Å². The molecule has 0 radical (unpaired) electrons. The fourth-order valence-corrected chi connectivity index (χ4v) is 4.15. The van der Waals surface area contributed by atoms with E-state index in [1.165, 1.54) is 30.4 Å². The molecule has 1 aliphatic rings. The molecule has 32 heavy (non-hydrogen) atoms. The van der Waals surface area contributed by atoms with Gasteiger partial charge >= 0.3 is 0 Å². The average Bonchev–Trinajstić information content (AvgIpc) is 2.74. The van der Waals surface area contributed by atoms with Gasteiger partial charge in [-0.2, -0.15) is 0 Å². The highest BCUT2D eigenvalue weighted by atomic mass is 16.5. The zero-order valence-electron chi connectivity index (χ0n) is 20.1. The van der Waals surface area contributed by atoms with E-state index in [1.807, 2.05) is 12.3 Å². The van der Waals surface area contributed by atoms with E-state index in [0.29, 0.717) is 11.8 Å². The summed E-state index contributed by atoms with van der Waals surface area (Å²) in [5.41, 5.74) is 4.42. The Bertz CT molecular complexity index is 896. The molecule has 2 aromatic rings. The first-order chi connectivity index (χ1) is 15.5. The number of carbonyl (C=O) groups is 1. The molecule has 6 heteroatoms. The van der Waals surface area contributed by atoms with Crippen LogP contribution in [0, 0.1) is 5.92 Å². The van der Waals surface area contributed by atoms with E-state index in [1.54, 1.807) is 14.2 Å². The summed E-state index contributed by atoms with van der Waals surface area (Å²) in [6, 6.07) is 8.36. The number of carbonyl (C=O) groups excluding carboxylic acids is 1. The summed E-state index contributed by atoms with van der Waals surface area (Å²) >= 11 is 0. The molecule has 1 aromatic carbocycles. The summed E-state index contributed by atoms with van der Waals surface area (Å²) in [7, 11) is 5.49. The van der Waals surface area contributed by atoms with Gasteiger partial charge in [0.1, 0.15) is 6.29 Å². The molecule has 1 aliphatic carbocycles. The van der Waals surface area contributed by atoms with E-state index < -0.39 is 0 Å². The standard InChI is InChI=1S/C26H37N3O3/c1-18(2)24(17-30)28-11-12-29(3)16-19-9-10-27-23(13-19)21-14-22(20-7-6-8-20)26(32-5)25(15-21)31-4/h9-10,13-15,17-18,20,24,28H,6-8,11-12,16H2,1-5H3. The number of aldehydes is 1. The zero-order valence-corrected chi connectivity index (χ0v) is 20.1. The molecule has 1 atom stereocenters. The summed E-state index contributed by atoms with van der Waals surface area (Å²) in [6.45, 7) is 6.55. The topological polar surface area (TPSA) is 63.7 Å². The van der Waals surface area contributed by atoms with Gasteiger partial charge in [-0.1, -0.05) is 20.3 Å². The minimum atomic E-state index is -0.0918. The molecule has 1 aromatic heterocycles. The van der Waals surface area contributed by atoms with Crippen LogP contribution in [-0.2, 0) is 11.3 Å². The molecule has 0 amide bonds. The van der Waals surface area contributed by atoms with Gasteiger partial charge in [0.2, 0.25) is 0 Å². The Morgan fingerprint density at radius 2 is 2.00 bits per heavy atom. The van der Waals surface area contributed by atoms with Crippen molar-refractivity contribution in [1.82, 2.24) is 15.2 Å². The number of aromatic nitrogens is 1. The molecule has 1 heterocycles. The average molecular weight is 440 g/mol. The predicted octanol–water partition coefficient (Wildman–Crippen LogP) is 4.28. The van der Waals surface area contributed by atoms with Crippen molar-refractivity contribution in [2.75, 3.05) is 34.4 Å². The van der Waals surface area contributed by atoms with Crippen LogP contribution in [-0.4, -0.2) is 56.6 Å². The molecular formula is C26H37N3O3. The molecule has 174 valence electrons. The number of ether oxygens (including phenoxy) is 2. The Morgan fingerprint density at radius 3 is 2.59 bits per heavy atom. The highest BCUT2D eigenvalue weighted by Gasteiger charge is 2.26. The van der Waals surface area contributed by atoms with Crippen molar-refractivity contribution >= 4 is 6.29 Å². The number of nitrogens with one attached hydrogen (secondary N) is 1. The number of methoxy groups -OCH3 is 2. The maximum absolute atomic E-state index is 11.2. The third-order valence-electron chi connectivity index (χ3n) is 6.36. The second kappa shape index (κ2) is 11.4. The molecule has 0 bridgehead atoms. The minimum Gasteiger partial charge on any atom is -0.493 e. The van der Waals surface area contributed by atoms with E-state index in [2.05, 4.69) is 54.3 Å². The van der Waals surface area contributed by atoms with Gasteiger partial charge in [0.15, 0.2) is 11.5 Å². The first-order valence-electron chi connectivity index (χ1n) is 11.5. The molecule has 1 fully saturated rings. The third-order valence-corrected chi connectivity index (χ3v) is 6.36. The molecule has 6 nitrogen and oxygen atoms in total. The van der Waals surface area contributed by atoms with Crippen molar-refractivity contribution in [2.24, 2.45) is 5.92 Å². The lowest BCUT2D eigenvalue weighted by molar-refractivity contribution is -0.110. The third kappa shape index (κ3) is 5.87. The predicted molar refractivity (Wildman–Crippen MR) is 128 cm³/mol. The minimum absolute atomic E-state index is 0.0918. The van der Waals surface area contributed by atoms with E-state index in [0.717, 1.165) is 48.7 Å². The molecule has 1 N–H and O–H groups in total.